The van der Waals surface area contributed by atoms with Gasteiger partial charge in [-0.25, -0.2) is 9.18 Å². The summed E-state index contributed by atoms with van der Waals surface area (Å²) in [5, 5.41) is 2.63. The highest BCUT2D eigenvalue weighted by Gasteiger charge is 2.50. The number of likely N-dealkylation sites (tertiary alicyclic amines) is 1. The van der Waals surface area contributed by atoms with Gasteiger partial charge in [-0.3, -0.25) is 9.69 Å². The van der Waals surface area contributed by atoms with Crippen LogP contribution >= 0.6 is 0 Å². The number of carbonyl (C=O) groups is 2. The molecule has 0 aliphatic carbocycles. The van der Waals surface area contributed by atoms with Gasteiger partial charge in [0.1, 0.15) is 11.9 Å². The first-order chi connectivity index (χ1) is 12.3. The smallest absolute Gasteiger partial charge is 0.414 e. The number of anilines is 2. The van der Waals surface area contributed by atoms with Crippen LogP contribution in [0.5, 0.6) is 0 Å². The zero-order valence-electron chi connectivity index (χ0n) is 15.0. The first-order valence-corrected chi connectivity index (χ1v) is 8.81. The Kier molecular flexibility index (Phi) is 4.02. The number of amides is 2. The molecule has 3 aliphatic heterocycles. The molecule has 140 valence electrons. The van der Waals surface area contributed by atoms with E-state index < -0.39 is 12.2 Å². The maximum atomic E-state index is 14.6. The third-order valence-corrected chi connectivity index (χ3v) is 5.30. The van der Waals surface area contributed by atoms with E-state index in [2.05, 4.69) is 17.3 Å². The molecule has 8 heteroatoms. The molecule has 3 fully saturated rings. The SMILES string of the molecule is CC(=O)NCC1CN(c2ccc(N3CC4(CN(C)C4)C3)c(F)c2)C(=O)O1. The van der Waals surface area contributed by atoms with Crippen molar-refractivity contribution in [2.45, 2.75) is 13.0 Å². The molecule has 26 heavy (non-hydrogen) atoms. The van der Waals surface area contributed by atoms with Crippen molar-refractivity contribution in [2.24, 2.45) is 5.41 Å². The fraction of sp³-hybridized carbons (Fsp3) is 0.556. The topological polar surface area (TPSA) is 65.1 Å². The van der Waals surface area contributed by atoms with Gasteiger partial charge < -0.3 is 19.9 Å². The Balaban J connectivity index is 1.40. The minimum atomic E-state index is -0.520. The van der Waals surface area contributed by atoms with Crippen molar-refractivity contribution < 1.29 is 18.7 Å². The molecule has 3 aliphatic rings. The summed E-state index contributed by atoms with van der Waals surface area (Å²) in [6, 6.07) is 4.86. The monoisotopic (exact) mass is 362 g/mol. The predicted octanol–water partition coefficient (Wildman–Crippen LogP) is 1.04. The van der Waals surface area contributed by atoms with Crippen molar-refractivity contribution in [1.29, 1.82) is 0 Å². The van der Waals surface area contributed by atoms with E-state index in [1.165, 1.54) is 17.9 Å². The number of ether oxygens (including phenoxy) is 1. The number of hydrogen-bond acceptors (Lipinski definition) is 5. The van der Waals surface area contributed by atoms with E-state index in [1.54, 1.807) is 12.1 Å². The molecule has 1 unspecified atom stereocenters. The predicted molar refractivity (Wildman–Crippen MR) is 94.8 cm³/mol. The minimum Gasteiger partial charge on any atom is -0.442 e. The van der Waals surface area contributed by atoms with Gasteiger partial charge in [0.05, 0.1) is 24.5 Å². The van der Waals surface area contributed by atoms with E-state index in [0.717, 1.165) is 26.2 Å². The van der Waals surface area contributed by atoms with Crippen molar-refractivity contribution >= 4 is 23.4 Å². The quantitative estimate of drug-likeness (QED) is 0.867. The summed E-state index contributed by atoms with van der Waals surface area (Å²) in [6.07, 6.45) is -0.951. The number of hydrogen-bond donors (Lipinski definition) is 1. The van der Waals surface area contributed by atoms with E-state index in [-0.39, 0.29) is 24.8 Å². The maximum Gasteiger partial charge on any atom is 0.414 e. The van der Waals surface area contributed by atoms with Crippen molar-refractivity contribution in [1.82, 2.24) is 10.2 Å². The molecule has 3 heterocycles. The van der Waals surface area contributed by atoms with E-state index in [1.807, 2.05) is 4.90 Å². The standard InChI is InChI=1S/C18H23FN4O3/c1-12(24)20-6-14-7-23(17(25)26-14)13-3-4-16(15(19)5-13)22-10-18(11-22)8-21(2)9-18/h3-5,14H,6-11H2,1-2H3,(H,20,24). The second kappa shape index (κ2) is 6.12. The summed E-state index contributed by atoms with van der Waals surface area (Å²) in [4.78, 5) is 28.7. The van der Waals surface area contributed by atoms with Crippen LogP contribution in [0.2, 0.25) is 0 Å². The molecule has 1 N–H and O–H groups in total. The van der Waals surface area contributed by atoms with Gasteiger partial charge in [0.15, 0.2) is 0 Å². The Bertz CT molecular complexity index is 742. The van der Waals surface area contributed by atoms with E-state index >= 15 is 0 Å². The zero-order valence-corrected chi connectivity index (χ0v) is 15.0. The number of cyclic esters (lactones) is 1. The van der Waals surface area contributed by atoms with E-state index in [0.29, 0.717) is 16.8 Å². The lowest BCUT2D eigenvalue weighted by molar-refractivity contribution is -0.119. The Labute approximate surface area is 151 Å². The van der Waals surface area contributed by atoms with Crippen LogP contribution in [-0.2, 0) is 9.53 Å². The first kappa shape index (κ1) is 17.1. The third kappa shape index (κ3) is 2.98. The van der Waals surface area contributed by atoms with Gasteiger partial charge in [0, 0.05) is 38.5 Å². The van der Waals surface area contributed by atoms with Gasteiger partial charge in [-0.15, -0.1) is 0 Å². The van der Waals surface area contributed by atoms with Crippen LogP contribution in [-0.4, -0.2) is 69.3 Å². The van der Waals surface area contributed by atoms with Gasteiger partial charge >= 0.3 is 6.09 Å². The molecular weight excluding hydrogens is 339 g/mol. The molecule has 2 amide bonds. The van der Waals surface area contributed by atoms with Crippen LogP contribution in [0.15, 0.2) is 18.2 Å². The van der Waals surface area contributed by atoms with Gasteiger partial charge in [-0.05, 0) is 25.2 Å². The second-order valence-electron chi connectivity index (χ2n) is 7.72. The minimum absolute atomic E-state index is 0.181. The molecule has 1 spiro atoms. The number of halogens is 1. The second-order valence-corrected chi connectivity index (χ2v) is 7.72. The van der Waals surface area contributed by atoms with Crippen LogP contribution in [0.1, 0.15) is 6.92 Å². The van der Waals surface area contributed by atoms with Gasteiger partial charge in [-0.2, -0.15) is 0 Å². The number of carbonyl (C=O) groups excluding carboxylic acids is 2. The highest BCUT2D eigenvalue weighted by molar-refractivity contribution is 5.90. The third-order valence-electron chi connectivity index (χ3n) is 5.30. The number of nitrogens with zero attached hydrogens (tertiary/aromatic N) is 3. The largest absolute Gasteiger partial charge is 0.442 e. The Hall–Kier alpha value is -2.35. The summed E-state index contributed by atoms with van der Waals surface area (Å²) in [5.74, 6) is -0.511. The fourth-order valence-electron chi connectivity index (χ4n) is 4.25. The van der Waals surface area contributed by atoms with Gasteiger partial charge in [-0.1, -0.05) is 0 Å². The fourth-order valence-corrected chi connectivity index (χ4v) is 4.25. The Morgan fingerprint density at radius 3 is 2.69 bits per heavy atom. The number of rotatable bonds is 4. The summed E-state index contributed by atoms with van der Waals surface area (Å²) in [6.45, 7) is 5.83. The molecular formula is C18H23FN4O3. The van der Waals surface area contributed by atoms with Crippen molar-refractivity contribution in [3.63, 3.8) is 0 Å². The van der Waals surface area contributed by atoms with Crippen molar-refractivity contribution in [3.05, 3.63) is 24.0 Å². The maximum absolute atomic E-state index is 14.6. The van der Waals surface area contributed by atoms with Crippen LogP contribution in [0, 0.1) is 11.2 Å². The summed E-state index contributed by atoms with van der Waals surface area (Å²) < 4.78 is 19.8. The normalized spacial score (nSPS) is 24.3. The molecule has 0 saturated carbocycles. The molecule has 1 aromatic rings. The van der Waals surface area contributed by atoms with Crippen molar-refractivity contribution in [3.8, 4) is 0 Å². The molecule has 0 radical (unpaired) electrons. The molecule has 4 rings (SSSR count). The number of nitrogens with one attached hydrogen (secondary N) is 1. The average Bonchev–Trinajstić information content (AvgIpc) is 2.89. The van der Waals surface area contributed by atoms with Crippen LogP contribution < -0.4 is 15.1 Å². The lowest BCUT2D eigenvalue weighted by atomic mass is 9.73. The lowest BCUT2D eigenvalue weighted by Gasteiger charge is -2.60. The van der Waals surface area contributed by atoms with E-state index in [4.69, 9.17) is 4.74 Å². The molecule has 7 nitrogen and oxygen atoms in total. The summed E-state index contributed by atoms with van der Waals surface area (Å²) in [5.41, 5.74) is 1.38. The molecule has 0 bridgehead atoms. The Morgan fingerprint density at radius 1 is 1.35 bits per heavy atom. The van der Waals surface area contributed by atoms with Crippen molar-refractivity contribution in [2.75, 3.05) is 56.1 Å². The first-order valence-electron chi connectivity index (χ1n) is 8.81. The molecule has 0 aromatic heterocycles. The van der Waals surface area contributed by atoms with Crippen LogP contribution in [0.4, 0.5) is 20.6 Å². The van der Waals surface area contributed by atoms with Crippen LogP contribution in [0.3, 0.4) is 0 Å². The molecule has 1 atom stereocenters. The summed E-state index contributed by atoms with van der Waals surface area (Å²) >= 11 is 0. The highest BCUT2D eigenvalue weighted by atomic mass is 19.1. The van der Waals surface area contributed by atoms with Crippen LogP contribution in [0.25, 0.3) is 0 Å². The average molecular weight is 362 g/mol. The van der Waals surface area contributed by atoms with Gasteiger partial charge in [0.2, 0.25) is 5.91 Å². The number of benzene rings is 1. The molecule has 3 saturated heterocycles. The molecule has 1 aromatic carbocycles. The lowest BCUT2D eigenvalue weighted by Crippen LogP contribution is -2.71. The summed E-state index contributed by atoms with van der Waals surface area (Å²) in [7, 11) is 2.09. The van der Waals surface area contributed by atoms with Gasteiger partial charge in [0.25, 0.3) is 0 Å². The zero-order chi connectivity index (χ0) is 18.5. The highest BCUT2D eigenvalue weighted by Crippen LogP contribution is 2.42. The Morgan fingerprint density at radius 2 is 2.08 bits per heavy atom. The van der Waals surface area contributed by atoms with E-state index in [9.17, 15) is 14.0 Å².